The Hall–Kier alpha value is -2.24. The van der Waals surface area contributed by atoms with Crippen LogP contribution in [0.25, 0.3) is 0 Å². The molecule has 1 saturated heterocycles. The van der Waals surface area contributed by atoms with Crippen molar-refractivity contribution in [3.63, 3.8) is 0 Å². The van der Waals surface area contributed by atoms with Crippen molar-refractivity contribution in [3.8, 4) is 5.75 Å². The SMILES string of the molecule is COc1ccc([C@H]2CCCCCN2C(=O)[C@H](C)NC(N)=O)cc1. The first-order valence-electron chi connectivity index (χ1n) is 8.03. The van der Waals surface area contributed by atoms with Crippen LogP contribution in [0.3, 0.4) is 0 Å². The summed E-state index contributed by atoms with van der Waals surface area (Å²) in [6.07, 6.45) is 4.08. The molecular formula is C17H25N3O3. The van der Waals surface area contributed by atoms with Crippen molar-refractivity contribution in [2.45, 2.75) is 44.7 Å². The average Bonchev–Trinajstić information content (AvgIpc) is 2.79. The zero-order chi connectivity index (χ0) is 16.8. The normalized spacial score (nSPS) is 19.6. The van der Waals surface area contributed by atoms with E-state index in [1.165, 1.54) is 0 Å². The van der Waals surface area contributed by atoms with Gasteiger partial charge in [-0.05, 0) is 37.5 Å². The number of nitrogens with one attached hydrogen (secondary N) is 1. The number of nitrogens with two attached hydrogens (primary N) is 1. The minimum absolute atomic E-state index is 0.0213. The highest BCUT2D eigenvalue weighted by Gasteiger charge is 2.30. The molecule has 0 aromatic heterocycles. The van der Waals surface area contributed by atoms with E-state index >= 15 is 0 Å². The highest BCUT2D eigenvalue weighted by molar-refractivity contribution is 5.86. The second-order valence-corrected chi connectivity index (χ2v) is 5.90. The van der Waals surface area contributed by atoms with Gasteiger partial charge >= 0.3 is 6.03 Å². The number of urea groups is 1. The molecule has 1 aromatic carbocycles. The van der Waals surface area contributed by atoms with Crippen LogP contribution in [0, 0.1) is 0 Å². The molecule has 3 N–H and O–H groups in total. The zero-order valence-electron chi connectivity index (χ0n) is 13.7. The number of ether oxygens (including phenoxy) is 1. The lowest BCUT2D eigenvalue weighted by Gasteiger charge is -2.32. The largest absolute Gasteiger partial charge is 0.497 e. The number of hydrogen-bond acceptors (Lipinski definition) is 3. The lowest BCUT2D eigenvalue weighted by Crippen LogP contribution is -2.49. The monoisotopic (exact) mass is 319 g/mol. The van der Waals surface area contributed by atoms with Gasteiger partial charge in [0.05, 0.1) is 13.2 Å². The summed E-state index contributed by atoms with van der Waals surface area (Å²) in [5.74, 6) is 0.704. The molecule has 1 aliphatic heterocycles. The van der Waals surface area contributed by atoms with Gasteiger partial charge in [-0.25, -0.2) is 4.79 Å². The predicted octanol–water partition coefficient (Wildman–Crippen LogP) is 2.20. The molecule has 3 amide bonds. The number of primary amides is 1. The third-order valence-electron chi connectivity index (χ3n) is 4.27. The molecular weight excluding hydrogens is 294 g/mol. The van der Waals surface area contributed by atoms with Gasteiger partial charge in [0.2, 0.25) is 5.91 Å². The minimum atomic E-state index is -0.679. The van der Waals surface area contributed by atoms with Crippen molar-refractivity contribution in [1.29, 1.82) is 0 Å². The highest BCUT2D eigenvalue weighted by Crippen LogP contribution is 2.31. The van der Waals surface area contributed by atoms with Gasteiger partial charge in [-0.15, -0.1) is 0 Å². The maximum absolute atomic E-state index is 12.7. The summed E-state index contributed by atoms with van der Waals surface area (Å²) in [6, 6.07) is 6.55. The van der Waals surface area contributed by atoms with E-state index in [4.69, 9.17) is 10.5 Å². The van der Waals surface area contributed by atoms with Crippen molar-refractivity contribution >= 4 is 11.9 Å². The second-order valence-electron chi connectivity index (χ2n) is 5.90. The predicted molar refractivity (Wildman–Crippen MR) is 88.1 cm³/mol. The zero-order valence-corrected chi connectivity index (χ0v) is 13.7. The molecule has 2 rings (SSSR count). The summed E-state index contributed by atoms with van der Waals surface area (Å²) in [5.41, 5.74) is 6.22. The number of carbonyl (C=O) groups is 2. The molecule has 2 atom stereocenters. The maximum Gasteiger partial charge on any atom is 0.312 e. The number of rotatable bonds is 4. The van der Waals surface area contributed by atoms with Gasteiger partial charge in [0.1, 0.15) is 11.8 Å². The van der Waals surface area contributed by atoms with Crippen LogP contribution in [0.2, 0.25) is 0 Å². The van der Waals surface area contributed by atoms with Crippen molar-refractivity contribution in [2.75, 3.05) is 13.7 Å². The number of amides is 3. The number of carbonyl (C=O) groups excluding carboxylic acids is 2. The fourth-order valence-corrected chi connectivity index (χ4v) is 3.07. The van der Waals surface area contributed by atoms with Crippen LogP contribution < -0.4 is 15.8 Å². The van der Waals surface area contributed by atoms with E-state index in [2.05, 4.69) is 5.32 Å². The summed E-state index contributed by atoms with van der Waals surface area (Å²) in [4.78, 5) is 25.6. The Morgan fingerprint density at radius 1 is 1.26 bits per heavy atom. The van der Waals surface area contributed by atoms with E-state index in [1.54, 1.807) is 14.0 Å². The van der Waals surface area contributed by atoms with E-state index in [1.807, 2.05) is 29.2 Å². The van der Waals surface area contributed by atoms with Crippen LogP contribution in [-0.4, -0.2) is 36.5 Å². The van der Waals surface area contributed by atoms with Crippen molar-refractivity contribution in [3.05, 3.63) is 29.8 Å². The molecule has 0 unspecified atom stereocenters. The minimum Gasteiger partial charge on any atom is -0.497 e. The Morgan fingerprint density at radius 2 is 1.96 bits per heavy atom. The van der Waals surface area contributed by atoms with Gasteiger partial charge in [-0.3, -0.25) is 4.79 Å². The average molecular weight is 319 g/mol. The molecule has 23 heavy (non-hydrogen) atoms. The first-order valence-corrected chi connectivity index (χ1v) is 8.03. The number of nitrogens with zero attached hydrogens (tertiary/aromatic N) is 1. The van der Waals surface area contributed by atoms with Crippen molar-refractivity contribution in [2.24, 2.45) is 5.73 Å². The van der Waals surface area contributed by atoms with Gasteiger partial charge in [0.25, 0.3) is 0 Å². The van der Waals surface area contributed by atoms with Crippen LogP contribution >= 0.6 is 0 Å². The van der Waals surface area contributed by atoms with E-state index in [-0.39, 0.29) is 11.9 Å². The first-order chi connectivity index (χ1) is 11.0. The molecule has 1 aliphatic rings. The van der Waals surface area contributed by atoms with Gasteiger partial charge in [0.15, 0.2) is 0 Å². The quantitative estimate of drug-likeness (QED) is 0.892. The van der Waals surface area contributed by atoms with Gasteiger partial charge in [-0.1, -0.05) is 25.0 Å². The van der Waals surface area contributed by atoms with E-state index in [0.717, 1.165) is 37.0 Å². The molecule has 6 heteroatoms. The molecule has 1 aromatic rings. The van der Waals surface area contributed by atoms with E-state index < -0.39 is 12.1 Å². The standard InChI is InChI=1S/C17H25N3O3/c1-12(19-17(18)22)16(21)20-11-5-3-4-6-15(20)13-7-9-14(23-2)10-8-13/h7-10,12,15H,3-6,11H2,1-2H3,(H3,18,19,22)/t12-,15+/m0/s1. The van der Waals surface area contributed by atoms with Crippen LogP contribution in [0.4, 0.5) is 4.79 Å². The molecule has 1 heterocycles. The van der Waals surface area contributed by atoms with Gasteiger partial charge in [-0.2, -0.15) is 0 Å². The van der Waals surface area contributed by atoms with Crippen LogP contribution in [-0.2, 0) is 4.79 Å². The lowest BCUT2D eigenvalue weighted by atomic mass is 10.00. The molecule has 6 nitrogen and oxygen atoms in total. The summed E-state index contributed by atoms with van der Waals surface area (Å²) in [7, 11) is 1.63. The Labute approximate surface area is 137 Å². The highest BCUT2D eigenvalue weighted by atomic mass is 16.5. The number of likely N-dealkylation sites (tertiary alicyclic amines) is 1. The molecule has 0 radical (unpaired) electrons. The van der Waals surface area contributed by atoms with Gasteiger partial charge < -0.3 is 20.7 Å². The van der Waals surface area contributed by atoms with E-state index in [9.17, 15) is 9.59 Å². The van der Waals surface area contributed by atoms with Gasteiger partial charge in [0, 0.05) is 6.54 Å². The van der Waals surface area contributed by atoms with Crippen LogP contribution in [0.1, 0.15) is 44.2 Å². The smallest absolute Gasteiger partial charge is 0.312 e. The molecule has 0 aliphatic carbocycles. The van der Waals surface area contributed by atoms with Crippen LogP contribution in [0.15, 0.2) is 24.3 Å². The topological polar surface area (TPSA) is 84.7 Å². The fourth-order valence-electron chi connectivity index (χ4n) is 3.07. The molecule has 0 bridgehead atoms. The van der Waals surface area contributed by atoms with Crippen LogP contribution in [0.5, 0.6) is 5.75 Å². The van der Waals surface area contributed by atoms with E-state index in [0.29, 0.717) is 6.54 Å². The number of methoxy groups -OCH3 is 1. The first kappa shape index (κ1) is 17.1. The maximum atomic E-state index is 12.7. The second kappa shape index (κ2) is 7.85. The Kier molecular flexibility index (Phi) is 5.84. The number of benzene rings is 1. The summed E-state index contributed by atoms with van der Waals surface area (Å²) < 4.78 is 5.20. The third-order valence-corrected chi connectivity index (χ3v) is 4.27. The molecule has 126 valence electrons. The van der Waals surface area contributed by atoms with Crippen molar-refractivity contribution < 1.29 is 14.3 Å². The molecule has 0 saturated carbocycles. The van der Waals surface area contributed by atoms with Crippen molar-refractivity contribution in [1.82, 2.24) is 10.2 Å². The summed E-state index contributed by atoms with van der Waals surface area (Å²) >= 11 is 0. The molecule has 1 fully saturated rings. The fraction of sp³-hybridized carbons (Fsp3) is 0.529. The number of hydrogen-bond donors (Lipinski definition) is 2. The molecule has 0 spiro atoms. The summed E-state index contributed by atoms with van der Waals surface area (Å²) in [6.45, 7) is 2.36. The lowest BCUT2D eigenvalue weighted by molar-refractivity contribution is -0.135. The summed E-state index contributed by atoms with van der Waals surface area (Å²) in [5, 5.41) is 2.48. The Balaban J connectivity index is 2.21. The Bertz CT molecular complexity index is 545. The third kappa shape index (κ3) is 4.37. The Morgan fingerprint density at radius 3 is 2.57 bits per heavy atom.